The molecular weight excluding hydrogens is 226 g/mol. The molecule has 1 N–H and O–H groups in total. The van der Waals surface area contributed by atoms with Gasteiger partial charge in [-0.1, -0.05) is 32.0 Å². The molecule has 1 aromatic rings. The number of aliphatic hydroxyl groups excluding tert-OH is 1. The van der Waals surface area contributed by atoms with Crippen molar-refractivity contribution in [3.05, 3.63) is 29.8 Å². The van der Waals surface area contributed by atoms with Crippen LogP contribution in [0.25, 0.3) is 0 Å². The van der Waals surface area contributed by atoms with Crippen molar-refractivity contribution in [3.8, 4) is 5.75 Å². The van der Waals surface area contributed by atoms with E-state index < -0.39 is 12.7 Å². The highest BCUT2D eigenvalue weighted by Crippen LogP contribution is 2.29. The summed E-state index contributed by atoms with van der Waals surface area (Å²) in [5.41, 5.74) is 0.424. The zero-order valence-electron chi connectivity index (χ0n) is 10.1. The lowest BCUT2D eigenvalue weighted by atomic mass is 9.99. The van der Waals surface area contributed by atoms with E-state index in [1.54, 1.807) is 18.2 Å². The lowest BCUT2D eigenvalue weighted by Crippen LogP contribution is -2.07. The molecule has 0 saturated heterocycles. The average molecular weight is 244 g/mol. The van der Waals surface area contributed by atoms with Gasteiger partial charge in [-0.3, -0.25) is 0 Å². The van der Waals surface area contributed by atoms with Gasteiger partial charge in [0.05, 0.1) is 6.10 Å². The van der Waals surface area contributed by atoms with Gasteiger partial charge in [-0.15, -0.1) is 0 Å². The van der Waals surface area contributed by atoms with E-state index in [0.717, 1.165) is 6.42 Å². The lowest BCUT2D eigenvalue weighted by Gasteiger charge is -2.16. The summed E-state index contributed by atoms with van der Waals surface area (Å²) >= 11 is 0. The van der Waals surface area contributed by atoms with Crippen molar-refractivity contribution in [3.63, 3.8) is 0 Å². The molecule has 1 atom stereocenters. The van der Waals surface area contributed by atoms with Crippen LogP contribution in [0.2, 0.25) is 0 Å². The number of aliphatic hydroxyl groups is 1. The Kier molecular flexibility index (Phi) is 5.35. The van der Waals surface area contributed by atoms with E-state index in [1.165, 1.54) is 6.07 Å². The van der Waals surface area contributed by atoms with Crippen LogP contribution in [0.4, 0.5) is 8.78 Å². The van der Waals surface area contributed by atoms with Crippen LogP contribution in [0, 0.1) is 5.92 Å². The van der Waals surface area contributed by atoms with E-state index in [0.29, 0.717) is 17.9 Å². The normalized spacial score (nSPS) is 13.1. The Morgan fingerprint density at radius 1 is 1.18 bits per heavy atom. The summed E-state index contributed by atoms with van der Waals surface area (Å²) in [6.45, 7) is 1.23. The third kappa shape index (κ3) is 4.69. The van der Waals surface area contributed by atoms with Gasteiger partial charge in [-0.2, -0.15) is 8.78 Å². The summed E-state index contributed by atoms with van der Waals surface area (Å²) in [5, 5.41) is 9.94. The zero-order valence-corrected chi connectivity index (χ0v) is 10.1. The largest absolute Gasteiger partial charge is 0.434 e. The number of ether oxygens (including phenoxy) is 1. The molecule has 17 heavy (non-hydrogen) atoms. The molecule has 0 saturated carbocycles. The van der Waals surface area contributed by atoms with Gasteiger partial charge in [0, 0.05) is 5.56 Å². The number of para-hydroxylation sites is 1. The van der Waals surface area contributed by atoms with Gasteiger partial charge in [0.1, 0.15) is 5.75 Å². The topological polar surface area (TPSA) is 29.5 Å². The van der Waals surface area contributed by atoms with E-state index in [4.69, 9.17) is 0 Å². The first kappa shape index (κ1) is 13.9. The van der Waals surface area contributed by atoms with Gasteiger partial charge >= 0.3 is 6.61 Å². The summed E-state index contributed by atoms with van der Waals surface area (Å²) in [6, 6.07) is 6.37. The molecule has 96 valence electrons. The van der Waals surface area contributed by atoms with Crippen molar-refractivity contribution in [1.29, 1.82) is 0 Å². The summed E-state index contributed by atoms with van der Waals surface area (Å²) < 4.78 is 28.7. The second kappa shape index (κ2) is 6.55. The van der Waals surface area contributed by atoms with E-state index in [-0.39, 0.29) is 5.75 Å². The average Bonchev–Trinajstić information content (AvgIpc) is 2.25. The fourth-order valence-corrected chi connectivity index (χ4v) is 1.61. The number of halogens is 2. The van der Waals surface area contributed by atoms with E-state index >= 15 is 0 Å². The Bertz CT molecular complexity index is 340. The molecule has 2 nitrogen and oxygen atoms in total. The second-order valence-corrected chi connectivity index (χ2v) is 4.40. The molecule has 0 aliphatic rings. The Balaban J connectivity index is 2.74. The fraction of sp³-hybridized carbons (Fsp3) is 0.538. The van der Waals surface area contributed by atoms with Crippen LogP contribution in [0.1, 0.15) is 38.4 Å². The van der Waals surface area contributed by atoms with Crippen molar-refractivity contribution in [2.45, 2.75) is 39.4 Å². The highest BCUT2D eigenvalue weighted by Gasteiger charge is 2.15. The van der Waals surface area contributed by atoms with Crippen molar-refractivity contribution < 1.29 is 18.6 Å². The Morgan fingerprint density at radius 2 is 1.82 bits per heavy atom. The highest BCUT2D eigenvalue weighted by atomic mass is 19.3. The minimum atomic E-state index is -2.87. The molecule has 0 bridgehead atoms. The number of alkyl halides is 2. The van der Waals surface area contributed by atoms with Crippen LogP contribution in [-0.4, -0.2) is 11.7 Å². The van der Waals surface area contributed by atoms with Crippen molar-refractivity contribution >= 4 is 0 Å². The van der Waals surface area contributed by atoms with Crippen LogP contribution in [0.3, 0.4) is 0 Å². The maximum absolute atomic E-state index is 12.2. The minimum absolute atomic E-state index is 0.0544. The monoisotopic (exact) mass is 244 g/mol. The van der Waals surface area contributed by atoms with Crippen LogP contribution < -0.4 is 4.74 Å². The molecule has 1 rings (SSSR count). The Labute approximate surface area is 100 Å². The van der Waals surface area contributed by atoms with E-state index in [1.807, 2.05) is 13.8 Å². The molecule has 0 fully saturated rings. The first-order valence-electron chi connectivity index (χ1n) is 5.72. The quantitative estimate of drug-likeness (QED) is 0.825. The minimum Gasteiger partial charge on any atom is -0.434 e. The van der Waals surface area contributed by atoms with Crippen LogP contribution >= 0.6 is 0 Å². The summed E-state index contributed by atoms with van der Waals surface area (Å²) in [6.07, 6.45) is 0.623. The molecule has 0 radical (unpaired) electrons. The lowest BCUT2D eigenvalue weighted by molar-refractivity contribution is -0.0516. The highest BCUT2D eigenvalue weighted by molar-refractivity contribution is 5.35. The SMILES string of the molecule is CC(C)CCC(O)c1ccccc1OC(F)F. The van der Waals surface area contributed by atoms with Crippen molar-refractivity contribution in [2.75, 3.05) is 0 Å². The molecule has 0 amide bonds. The van der Waals surface area contributed by atoms with Crippen LogP contribution in [-0.2, 0) is 0 Å². The third-order valence-corrected chi connectivity index (χ3v) is 2.51. The maximum atomic E-state index is 12.2. The molecule has 0 heterocycles. The number of hydrogen-bond donors (Lipinski definition) is 1. The number of benzene rings is 1. The first-order valence-corrected chi connectivity index (χ1v) is 5.72. The Morgan fingerprint density at radius 3 is 2.41 bits per heavy atom. The standard InChI is InChI=1S/C13H18F2O2/c1-9(2)7-8-11(16)10-5-3-4-6-12(10)17-13(14)15/h3-6,9,11,13,16H,7-8H2,1-2H3. The van der Waals surface area contributed by atoms with Crippen molar-refractivity contribution in [2.24, 2.45) is 5.92 Å². The fourth-order valence-electron chi connectivity index (χ4n) is 1.61. The second-order valence-electron chi connectivity index (χ2n) is 4.40. The smallest absolute Gasteiger partial charge is 0.387 e. The van der Waals surface area contributed by atoms with Crippen LogP contribution in [0.5, 0.6) is 5.75 Å². The van der Waals surface area contributed by atoms with E-state index in [2.05, 4.69) is 4.74 Å². The summed E-state index contributed by atoms with van der Waals surface area (Å²) in [5.74, 6) is 0.520. The molecule has 0 spiro atoms. The maximum Gasteiger partial charge on any atom is 0.387 e. The predicted octanol–water partition coefficient (Wildman–Crippen LogP) is 3.76. The van der Waals surface area contributed by atoms with Gasteiger partial charge in [-0.25, -0.2) is 0 Å². The van der Waals surface area contributed by atoms with Crippen LogP contribution in [0.15, 0.2) is 24.3 Å². The van der Waals surface area contributed by atoms with Crippen molar-refractivity contribution in [1.82, 2.24) is 0 Å². The zero-order chi connectivity index (χ0) is 12.8. The molecular formula is C13H18F2O2. The number of rotatable bonds is 6. The molecule has 0 aliphatic heterocycles. The van der Waals surface area contributed by atoms with Gasteiger partial charge in [0.2, 0.25) is 0 Å². The van der Waals surface area contributed by atoms with Gasteiger partial charge in [-0.05, 0) is 24.8 Å². The Hall–Kier alpha value is -1.16. The molecule has 4 heteroatoms. The number of hydrogen-bond acceptors (Lipinski definition) is 2. The predicted molar refractivity (Wildman–Crippen MR) is 62.1 cm³/mol. The first-order chi connectivity index (χ1) is 8.00. The molecule has 1 aromatic carbocycles. The van der Waals surface area contributed by atoms with E-state index in [9.17, 15) is 13.9 Å². The molecule has 0 aliphatic carbocycles. The van der Waals surface area contributed by atoms with Gasteiger partial charge in [0.15, 0.2) is 0 Å². The molecule has 0 aromatic heterocycles. The van der Waals surface area contributed by atoms with Gasteiger partial charge in [0.25, 0.3) is 0 Å². The van der Waals surface area contributed by atoms with Gasteiger partial charge < -0.3 is 9.84 Å². The summed E-state index contributed by atoms with van der Waals surface area (Å²) in [4.78, 5) is 0. The summed E-state index contributed by atoms with van der Waals surface area (Å²) in [7, 11) is 0. The third-order valence-electron chi connectivity index (χ3n) is 2.51. The molecule has 1 unspecified atom stereocenters.